The first kappa shape index (κ1) is 38.2. The molecule has 2 aliphatic rings. The average molecular weight is 794 g/mol. The number of rotatable bonds is 16. The number of piperidine rings is 1. The van der Waals surface area contributed by atoms with Crippen molar-refractivity contribution in [1.82, 2.24) is 43.9 Å². The summed E-state index contributed by atoms with van der Waals surface area (Å²) < 4.78 is 31.0. The maximum Gasteiger partial charge on any atom is 0.329 e. The fourth-order valence-corrected chi connectivity index (χ4v) is 6.99. The van der Waals surface area contributed by atoms with Crippen LogP contribution in [0.1, 0.15) is 41.4 Å². The van der Waals surface area contributed by atoms with Gasteiger partial charge < -0.3 is 25.4 Å². The van der Waals surface area contributed by atoms with Gasteiger partial charge in [-0.25, -0.2) is 23.7 Å². The second-order valence-electron chi connectivity index (χ2n) is 13.9. The molecule has 2 fully saturated rings. The molecule has 19 heteroatoms. The quantitative estimate of drug-likeness (QED) is 0.0822. The minimum atomic E-state index is -1.09. The van der Waals surface area contributed by atoms with E-state index in [1.165, 1.54) is 24.4 Å². The van der Waals surface area contributed by atoms with Crippen LogP contribution in [0, 0.1) is 0 Å². The Bertz CT molecular complexity index is 2640. The molecule has 0 spiro atoms. The monoisotopic (exact) mass is 793 g/mol. The largest absolute Gasteiger partial charge is 0.380 e. The number of ether oxygens (including phenoxy) is 2. The fraction of sp³-hybridized carbons (Fsp3) is 0.333. The summed E-state index contributed by atoms with van der Waals surface area (Å²) >= 11 is 0. The van der Waals surface area contributed by atoms with E-state index in [1.54, 1.807) is 61.9 Å². The summed E-state index contributed by atoms with van der Waals surface area (Å²) in [7, 11) is 1.66. The number of carbonyl (C=O) groups excluding carboxylic acids is 3. The molecule has 0 bridgehead atoms. The summed E-state index contributed by atoms with van der Waals surface area (Å²) in [5.74, 6) is -0.670. The van der Waals surface area contributed by atoms with Gasteiger partial charge in [0, 0.05) is 44.9 Å². The predicted octanol–water partition coefficient (Wildman–Crippen LogP) is 2.18. The Morgan fingerprint density at radius 2 is 1.81 bits per heavy atom. The smallest absolute Gasteiger partial charge is 0.329 e. The summed E-state index contributed by atoms with van der Waals surface area (Å²) in [5, 5.41) is 15.9. The molecule has 0 radical (unpaired) electrons. The molecule has 1 saturated heterocycles. The molecule has 18 nitrogen and oxygen atoms in total. The molecule has 8 rings (SSSR count). The van der Waals surface area contributed by atoms with E-state index in [9.17, 15) is 28.4 Å². The second-order valence-corrected chi connectivity index (χ2v) is 13.9. The predicted molar refractivity (Wildman–Crippen MR) is 209 cm³/mol. The summed E-state index contributed by atoms with van der Waals surface area (Å²) in [6, 6.07) is 14.4. The van der Waals surface area contributed by atoms with Crippen molar-refractivity contribution in [2.45, 2.75) is 43.9 Å². The summed E-state index contributed by atoms with van der Waals surface area (Å²) in [4.78, 5) is 72.6. The van der Waals surface area contributed by atoms with Crippen LogP contribution in [0.15, 0.2) is 82.8 Å². The second kappa shape index (κ2) is 16.4. The number of aryl methyl sites for hydroxylation is 1. The average Bonchev–Trinajstić information content (AvgIpc) is 3.62. The van der Waals surface area contributed by atoms with Crippen molar-refractivity contribution in [3.8, 4) is 5.82 Å². The lowest BCUT2D eigenvalue weighted by atomic mass is 10.1. The van der Waals surface area contributed by atoms with Gasteiger partial charge in [0.15, 0.2) is 17.2 Å². The molecule has 1 unspecified atom stereocenters. The highest BCUT2D eigenvalue weighted by Gasteiger charge is 2.39. The maximum atomic E-state index is 13.6. The van der Waals surface area contributed by atoms with Gasteiger partial charge in [0.05, 0.1) is 55.4 Å². The molecule has 1 aliphatic heterocycles. The molecule has 300 valence electrons. The van der Waals surface area contributed by atoms with E-state index >= 15 is 0 Å². The molecule has 4 N–H and O–H groups in total. The first-order valence-corrected chi connectivity index (χ1v) is 18.8. The van der Waals surface area contributed by atoms with Crippen molar-refractivity contribution in [2.24, 2.45) is 7.05 Å². The molecule has 5 aromatic heterocycles. The number of carbonyl (C=O) groups is 3. The van der Waals surface area contributed by atoms with E-state index in [1.807, 2.05) is 12.1 Å². The van der Waals surface area contributed by atoms with E-state index < -0.39 is 30.1 Å². The molecular weight excluding hydrogens is 753 g/mol. The molecule has 6 heterocycles. The normalized spacial score (nSPS) is 17.7. The molecule has 1 aliphatic carbocycles. The van der Waals surface area contributed by atoms with Crippen LogP contribution in [-0.2, 0) is 32.5 Å². The molecule has 1 saturated carbocycles. The number of nitrogens with zero attached hydrogens (tertiary/aromatic N) is 7. The van der Waals surface area contributed by atoms with Crippen LogP contribution in [0.2, 0.25) is 0 Å². The number of benzene rings is 1. The van der Waals surface area contributed by atoms with Crippen LogP contribution < -0.4 is 32.5 Å². The molecule has 3 amide bonds. The molecule has 58 heavy (non-hydrogen) atoms. The number of alkyl halides is 1. The van der Waals surface area contributed by atoms with Crippen molar-refractivity contribution < 1.29 is 28.2 Å². The van der Waals surface area contributed by atoms with Crippen LogP contribution in [0.3, 0.4) is 0 Å². The van der Waals surface area contributed by atoms with Gasteiger partial charge in [0.25, 0.3) is 11.5 Å². The zero-order chi connectivity index (χ0) is 40.3. The van der Waals surface area contributed by atoms with Gasteiger partial charge in [-0.3, -0.25) is 38.2 Å². The molecule has 1 aromatic carbocycles. The lowest BCUT2D eigenvalue weighted by molar-refractivity contribution is -0.135. The van der Waals surface area contributed by atoms with Crippen LogP contribution in [0.25, 0.3) is 22.5 Å². The number of pyridine rings is 2. The SMILES string of the molecule is Cn1c(=O)n(C2CCC(=O)NC2=O)c2cccc(CCOCCOCCNc3cc(Nc4cccn(-c5ccccn5)c4=O)nn4c(C(=O)N[C@@H]5C[C@@H]5F)cnc34)c21. The van der Waals surface area contributed by atoms with Crippen LogP contribution in [0.4, 0.5) is 21.6 Å². The zero-order valence-electron chi connectivity index (χ0n) is 31.4. The number of imidazole rings is 2. The maximum absolute atomic E-state index is 13.6. The third-order valence-corrected chi connectivity index (χ3v) is 9.99. The van der Waals surface area contributed by atoms with E-state index in [4.69, 9.17) is 9.47 Å². The van der Waals surface area contributed by atoms with Gasteiger partial charge in [-0.05, 0) is 48.7 Å². The van der Waals surface area contributed by atoms with E-state index in [2.05, 4.69) is 36.3 Å². The summed E-state index contributed by atoms with van der Waals surface area (Å²) in [6.45, 7) is 1.61. The van der Waals surface area contributed by atoms with E-state index in [0.717, 1.165) is 5.56 Å². The van der Waals surface area contributed by atoms with Crippen molar-refractivity contribution >= 4 is 51.6 Å². The van der Waals surface area contributed by atoms with Crippen molar-refractivity contribution in [3.63, 3.8) is 0 Å². The van der Waals surface area contributed by atoms with Crippen LogP contribution >= 0.6 is 0 Å². The van der Waals surface area contributed by atoms with Gasteiger partial charge in [-0.2, -0.15) is 0 Å². The Hall–Kier alpha value is -6.73. The van der Waals surface area contributed by atoms with E-state index in [0.29, 0.717) is 61.0 Å². The van der Waals surface area contributed by atoms with Crippen molar-refractivity contribution in [1.29, 1.82) is 0 Å². The van der Waals surface area contributed by atoms with Crippen molar-refractivity contribution in [2.75, 3.05) is 43.6 Å². The lowest BCUT2D eigenvalue weighted by Gasteiger charge is -2.21. The Balaban J connectivity index is 0.882. The van der Waals surface area contributed by atoms with Crippen molar-refractivity contribution in [3.05, 3.63) is 105 Å². The highest BCUT2D eigenvalue weighted by atomic mass is 19.1. The number of aromatic nitrogens is 7. The lowest BCUT2D eigenvalue weighted by Crippen LogP contribution is -2.44. The number of imide groups is 1. The Labute approximate surface area is 329 Å². The summed E-state index contributed by atoms with van der Waals surface area (Å²) in [6.07, 6.45) is 4.66. The first-order valence-electron chi connectivity index (χ1n) is 18.8. The number of amides is 3. The first-order chi connectivity index (χ1) is 28.2. The highest BCUT2D eigenvalue weighted by Crippen LogP contribution is 2.27. The number of fused-ring (bicyclic) bond motifs is 2. The number of hydrogen-bond acceptors (Lipinski definition) is 12. The topological polar surface area (TPSA) is 210 Å². The van der Waals surface area contributed by atoms with Gasteiger partial charge in [-0.1, -0.05) is 18.2 Å². The standard InChI is InChI=1S/C39H40FN11O7/c1-48-34-23(6-4-8-28(34)50(39(48)56)29-10-11-33(52)46-36(29)53)12-16-57-18-19-58-17-14-41-27-21-31(44-25-7-5-15-49(38(25)55)32-9-2-3-13-42-32)47-51-30(22-43-35(27)51)37(54)45-26-20-24(26)40/h2-9,13,15,21-22,24,26,29,41H,10-12,14,16-20H2,1H3,(H,44,47)(H,45,54)(H,46,52,53)/t24-,26+,29?/m0/s1. The van der Waals surface area contributed by atoms with Gasteiger partial charge in [0.2, 0.25) is 11.8 Å². The number of halogens is 1. The number of nitrogens with one attached hydrogen (secondary N) is 4. The third-order valence-electron chi connectivity index (χ3n) is 9.99. The minimum Gasteiger partial charge on any atom is -0.380 e. The molecule has 3 atom stereocenters. The molecular formula is C39H40FN11O7. The fourth-order valence-electron chi connectivity index (χ4n) is 6.99. The Morgan fingerprint density at radius 1 is 0.983 bits per heavy atom. The third kappa shape index (κ3) is 7.81. The highest BCUT2D eigenvalue weighted by molar-refractivity contribution is 6.00. The van der Waals surface area contributed by atoms with Gasteiger partial charge in [-0.15, -0.1) is 5.10 Å². The van der Waals surface area contributed by atoms with Crippen LogP contribution in [0.5, 0.6) is 0 Å². The Kier molecular flexibility index (Phi) is 10.8. The molecule has 6 aromatic rings. The minimum absolute atomic E-state index is 0.0958. The van der Waals surface area contributed by atoms with E-state index in [-0.39, 0.29) is 60.2 Å². The number of para-hydroxylation sites is 1. The Morgan fingerprint density at radius 3 is 2.59 bits per heavy atom. The van der Waals surface area contributed by atoms with Gasteiger partial charge >= 0.3 is 5.69 Å². The number of anilines is 3. The number of hydrogen-bond donors (Lipinski definition) is 4. The van der Waals surface area contributed by atoms with Gasteiger partial charge in [0.1, 0.15) is 23.7 Å². The summed E-state index contributed by atoms with van der Waals surface area (Å²) in [5.41, 5.74) is 2.67. The zero-order valence-corrected chi connectivity index (χ0v) is 31.4. The van der Waals surface area contributed by atoms with Crippen LogP contribution in [-0.4, -0.2) is 96.2 Å².